The topological polar surface area (TPSA) is 107 Å². The van der Waals surface area contributed by atoms with E-state index in [1.54, 1.807) is 29.3 Å². The Morgan fingerprint density at radius 3 is 2.44 bits per heavy atom. The van der Waals surface area contributed by atoms with Crippen LogP contribution in [0.1, 0.15) is 12.0 Å². The molecule has 11 heteroatoms. The molecule has 2 aromatic heterocycles. The van der Waals surface area contributed by atoms with E-state index < -0.39 is 0 Å². The van der Waals surface area contributed by atoms with Gasteiger partial charge in [-0.2, -0.15) is 5.26 Å². The number of hydrogen-bond acceptors (Lipinski definition) is 11. The number of aliphatic hydroxyl groups is 1. The van der Waals surface area contributed by atoms with Gasteiger partial charge in [-0.05, 0) is 60.7 Å². The highest BCUT2D eigenvalue weighted by Gasteiger charge is 2.22. The van der Waals surface area contributed by atoms with Crippen molar-refractivity contribution in [3.63, 3.8) is 0 Å². The monoisotopic (exact) mass is 678 g/mol. The molecule has 5 aromatic rings. The highest BCUT2D eigenvalue weighted by Crippen LogP contribution is 2.46. The molecule has 0 saturated carbocycles. The Bertz CT molecular complexity index is 1840. The first kappa shape index (κ1) is 33.5. The number of aliphatic hydroxyl groups excluding tert-OH is 1. The molecule has 48 heavy (non-hydrogen) atoms. The lowest BCUT2D eigenvalue weighted by molar-refractivity contribution is 0.108. The minimum atomic E-state index is 0.220. The fourth-order valence-electron chi connectivity index (χ4n) is 5.65. The van der Waals surface area contributed by atoms with Gasteiger partial charge >= 0.3 is 0 Å². The van der Waals surface area contributed by atoms with Crippen LogP contribution in [0.25, 0.3) is 21.7 Å². The number of thioether (sulfide) groups is 1. The van der Waals surface area contributed by atoms with Gasteiger partial charge < -0.3 is 24.8 Å². The van der Waals surface area contributed by atoms with Crippen molar-refractivity contribution in [2.75, 3.05) is 64.1 Å². The molecule has 0 atom stereocenters. The third kappa shape index (κ3) is 8.52. The van der Waals surface area contributed by atoms with Crippen LogP contribution in [0.15, 0.2) is 95.3 Å². The highest BCUT2D eigenvalue weighted by molar-refractivity contribution is 8.00. The summed E-state index contributed by atoms with van der Waals surface area (Å²) in [6.45, 7) is 6.65. The van der Waals surface area contributed by atoms with Gasteiger partial charge in [0.15, 0.2) is 0 Å². The second-order valence-electron chi connectivity index (χ2n) is 11.3. The van der Waals surface area contributed by atoms with E-state index in [1.807, 2.05) is 91.2 Å². The molecule has 0 unspecified atom stereocenters. The van der Waals surface area contributed by atoms with Gasteiger partial charge in [-0.1, -0.05) is 36.4 Å². The van der Waals surface area contributed by atoms with E-state index in [2.05, 4.69) is 26.2 Å². The van der Waals surface area contributed by atoms with Gasteiger partial charge in [0.1, 0.15) is 23.3 Å². The van der Waals surface area contributed by atoms with Crippen LogP contribution in [0.3, 0.4) is 0 Å². The standard InChI is InChI=1S/C37H38N6O3S2/c1-47-36-32(26-38)34(27-8-5-13-31(24-27)46-29-10-3-2-4-11-29)35(48-36)33-14-15-39-37(41-33)40-28-9-6-12-30(25-28)45-23-7-16-42-17-19-43(20-18-42)21-22-44/h2-6,8-15,24-25,44H,7,16-23H2,1H3,(H,39,40,41). The molecule has 6 rings (SSSR count). The van der Waals surface area contributed by atoms with Gasteiger partial charge in [0.2, 0.25) is 5.95 Å². The first-order valence-electron chi connectivity index (χ1n) is 16.0. The van der Waals surface area contributed by atoms with Gasteiger partial charge in [0, 0.05) is 62.8 Å². The minimum Gasteiger partial charge on any atom is -0.493 e. The number of benzene rings is 3. The van der Waals surface area contributed by atoms with Crippen molar-refractivity contribution in [2.45, 2.75) is 10.6 Å². The number of hydrogen-bond donors (Lipinski definition) is 2. The van der Waals surface area contributed by atoms with Crippen molar-refractivity contribution in [3.8, 4) is 45.0 Å². The number of β-amino-alcohol motifs (C(OH)–C–C–N with tert-alkyl or cyclic N) is 1. The van der Waals surface area contributed by atoms with Crippen LogP contribution in [0.4, 0.5) is 11.6 Å². The molecule has 1 saturated heterocycles. The number of thiophene rings is 1. The lowest BCUT2D eigenvalue weighted by Gasteiger charge is -2.34. The van der Waals surface area contributed by atoms with Crippen molar-refractivity contribution in [3.05, 3.63) is 96.7 Å². The van der Waals surface area contributed by atoms with E-state index in [-0.39, 0.29) is 6.61 Å². The third-order valence-corrected chi connectivity index (χ3v) is 10.4. The van der Waals surface area contributed by atoms with Crippen molar-refractivity contribution in [1.82, 2.24) is 19.8 Å². The molecule has 2 N–H and O–H groups in total. The van der Waals surface area contributed by atoms with E-state index in [1.165, 1.54) is 0 Å². The number of rotatable bonds is 14. The first-order valence-corrected chi connectivity index (χ1v) is 18.0. The van der Waals surface area contributed by atoms with Crippen molar-refractivity contribution in [1.29, 1.82) is 5.26 Å². The van der Waals surface area contributed by atoms with Gasteiger partial charge in [-0.25, -0.2) is 9.97 Å². The summed E-state index contributed by atoms with van der Waals surface area (Å²) in [5.74, 6) is 2.67. The van der Waals surface area contributed by atoms with E-state index in [0.717, 1.165) is 88.8 Å². The molecule has 3 aromatic carbocycles. The maximum absolute atomic E-state index is 10.2. The summed E-state index contributed by atoms with van der Waals surface area (Å²) in [5, 5.41) is 22.7. The molecule has 0 spiro atoms. The SMILES string of the molecule is CSc1sc(-c2ccnc(Nc3cccc(OCCCN4CCN(CCO)CC4)c3)n2)c(-c2cccc(Oc3ccccc3)c2)c1C#N. The summed E-state index contributed by atoms with van der Waals surface area (Å²) in [5.41, 5.74) is 3.89. The Morgan fingerprint density at radius 1 is 0.917 bits per heavy atom. The van der Waals surface area contributed by atoms with Gasteiger partial charge in [0.05, 0.1) is 33.6 Å². The number of nitrogens with zero attached hydrogens (tertiary/aromatic N) is 5. The Kier molecular flexibility index (Phi) is 11.6. The number of piperazine rings is 1. The maximum Gasteiger partial charge on any atom is 0.227 e. The number of anilines is 2. The van der Waals surface area contributed by atoms with E-state index in [0.29, 0.717) is 23.9 Å². The molecule has 0 radical (unpaired) electrons. The fraction of sp³-hybridized carbons (Fsp3) is 0.270. The average molecular weight is 679 g/mol. The predicted octanol–water partition coefficient (Wildman–Crippen LogP) is 7.38. The summed E-state index contributed by atoms with van der Waals surface area (Å²) in [6.07, 6.45) is 4.66. The van der Waals surface area contributed by atoms with E-state index in [4.69, 9.17) is 19.6 Å². The molecule has 3 heterocycles. The quantitative estimate of drug-likeness (QED) is 0.0913. The minimum absolute atomic E-state index is 0.220. The zero-order valence-corrected chi connectivity index (χ0v) is 28.5. The molecular formula is C37H38N6O3S2. The van der Waals surface area contributed by atoms with Crippen LogP contribution in [-0.2, 0) is 0 Å². The number of para-hydroxylation sites is 1. The Hall–Kier alpha value is -4.44. The number of nitrogens with one attached hydrogen (secondary N) is 1. The molecule has 9 nitrogen and oxygen atoms in total. The average Bonchev–Trinajstić information content (AvgIpc) is 3.51. The van der Waals surface area contributed by atoms with Crippen LogP contribution in [0.5, 0.6) is 17.2 Å². The van der Waals surface area contributed by atoms with Crippen molar-refractivity contribution in [2.24, 2.45) is 0 Å². The second-order valence-corrected chi connectivity index (χ2v) is 13.4. The van der Waals surface area contributed by atoms with Crippen LogP contribution in [0, 0.1) is 11.3 Å². The zero-order valence-electron chi connectivity index (χ0n) is 26.8. The first-order chi connectivity index (χ1) is 23.6. The molecule has 1 aliphatic heterocycles. The van der Waals surface area contributed by atoms with Crippen LogP contribution in [-0.4, -0.2) is 83.6 Å². The summed E-state index contributed by atoms with van der Waals surface area (Å²) in [4.78, 5) is 15.0. The number of aromatic nitrogens is 2. The summed E-state index contributed by atoms with van der Waals surface area (Å²) >= 11 is 3.11. The molecule has 1 aliphatic rings. The van der Waals surface area contributed by atoms with Crippen LogP contribution in [0.2, 0.25) is 0 Å². The largest absolute Gasteiger partial charge is 0.493 e. The van der Waals surface area contributed by atoms with Gasteiger partial charge in [0.25, 0.3) is 0 Å². The number of ether oxygens (including phenoxy) is 2. The molecule has 0 bridgehead atoms. The predicted molar refractivity (Wildman–Crippen MR) is 194 cm³/mol. The van der Waals surface area contributed by atoms with Gasteiger partial charge in [-0.15, -0.1) is 23.1 Å². The smallest absolute Gasteiger partial charge is 0.227 e. The Balaban J connectivity index is 1.15. The number of nitriles is 1. The Labute approximate surface area is 289 Å². The van der Waals surface area contributed by atoms with Crippen LogP contribution >= 0.6 is 23.1 Å². The molecular weight excluding hydrogens is 641 g/mol. The lowest BCUT2D eigenvalue weighted by atomic mass is 10.0. The van der Waals surface area contributed by atoms with E-state index >= 15 is 0 Å². The molecule has 0 amide bonds. The fourth-order valence-corrected chi connectivity index (χ4v) is 7.56. The molecule has 1 fully saturated rings. The molecule has 246 valence electrons. The maximum atomic E-state index is 10.2. The summed E-state index contributed by atoms with van der Waals surface area (Å²) in [6, 6.07) is 29.6. The second kappa shape index (κ2) is 16.6. The normalized spacial score (nSPS) is 13.6. The van der Waals surface area contributed by atoms with Crippen molar-refractivity contribution >= 4 is 34.7 Å². The summed E-state index contributed by atoms with van der Waals surface area (Å²) < 4.78 is 13.1. The lowest BCUT2D eigenvalue weighted by Crippen LogP contribution is -2.47. The Morgan fingerprint density at radius 2 is 1.67 bits per heavy atom. The van der Waals surface area contributed by atoms with Crippen molar-refractivity contribution < 1.29 is 14.6 Å². The highest BCUT2D eigenvalue weighted by atomic mass is 32.2. The molecule has 0 aliphatic carbocycles. The zero-order chi connectivity index (χ0) is 33.1. The van der Waals surface area contributed by atoms with Gasteiger partial charge in [-0.3, -0.25) is 4.90 Å². The third-order valence-electron chi connectivity index (χ3n) is 8.02. The van der Waals surface area contributed by atoms with E-state index in [9.17, 15) is 5.26 Å². The summed E-state index contributed by atoms with van der Waals surface area (Å²) in [7, 11) is 0. The van der Waals surface area contributed by atoms with Crippen LogP contribution < -0.4 is 14.8 Å².